The van der Waals surface area contributed by atoms with Gasteiger partial charge >= 0.3 is 0 Å². The molecule has 1 N–H and O–H groups in total. The lowest BCUT2D eigenvalue weighted by Crippen LogP contribution is -2.07. The summed E-state index contributed by atoms with van der Waals surface area (Å²) >= 11 is 7.46. The van der Waals surface area contributed by atoms with Crippen molar-refractivity contribution in [1.29, 1.82) is 0 Å². The first kappa shape index (κ1) is 14.8. The largest absolute Gasteiger partial charge is 0.377 e. The number of rotatable bonds is 4. The summed E-state index contributed by atoms with van der Waals surface area (Å²) in [6.45, 7) is 5.65. The van der Waals surface area contributed by atoms with E-state index in [4.69, 9.17) is 11.6 Å². The Morgan fingerprint density at radius 3 is 2.55 bits per heavy atom. The molecule has 0 saturated carbocycles. The molecule has 0 radical (unpaired) electrons. The topological polar surface area (TPSA) is 55.2 Å². The van der Waals surface area contributed by atoms with Crippen molar-refractivity contribution in [3.8, 4) is 0 Å². The second-order valence-electron chi connectivity index (χ2n) is 4.72. The monoisotopic (exact) mass is 310 g/mol. The van der Waals surface area contributed by atoms with Gasteiger partial charge in [-0.15, -0.1) is 11.3 Å². The Morgan fingerprint density at radius 1 is 1.30 bits per heavy atom. The van der Waals surface area contributed by atoms with Crippen LogP contribution in [0, 0.1) is 24.0 Å². The molecule has 1 aromatic heterocycles. The highest BCUT2D eigenvalue weighted by Gasteiger charge is 2.15. The summed E-state index contributed by atoms with van der Waals surface area (Å²) in [4.78, 5) is 11.7. The highest BCUT2D eigenvalue weighted by Crippen LogP contribution is 2.32. The Kier molecular flexibility index (Phi) is 4.30. The molecule has 0 bridgehead atoms. The van der Waals surface area contributed by atoms with Crippen LogP contribution in [0.3, 0.4) is 0 Å². The zero-order valence-corrected chi connectivity index (χ0v) is 13.0. The van der Waals surface area contributed by atoms with Crippen LogP contribution in [0.15, 0.2) is 24.3 Å². The third-order valence-electron chi connectivity index (χ3n) is 3.13. The first-order valence-electron chi connectivity index (χ1n) is 6.16. The van der Waals surface area contributed by atoms with Crippen LogP contribution in [-0.4, -0.2) is 4.92 Å². The van der Waals surface area contributed by atoms with Crippen molar-refractivity contribution < 1.29 is 4.92 Å². The van der Waals surface area contributed by atoms with Crippen LogP contribution < -0.4 is 5.32 Å². The first-order valence-corrected chi connectivity index (χ1v) is 7.35. The van der Waals surface area contributed by atoms with E-state index in [0.29, 0.717) is 5.56 Å². The van der Waals surface area contributed by atoms with Gasteiger partial charge in [-0.1, -0.05) is 11.6 Å². The van der Waals surface area contributed by atoms with Crippen LogP contribution >= 0.6 is 22.9 Å². The summed E-state index contributed by atoms with van der Waals surface area (Å²) in [5.74, 6) is 0. The minimum atomic E-state index is -0.353. The molecule has 1 atom stereocenters. The van der Waals surface area contributed by atoms with E-state index in [1.807, 2.05) is 32.0 Å². The molecule has 2 rings (SSSR count). The van der Waals surface area contributed by atoms with Gasteiger partial charge in [0.15, 0.2) is 0 Å². The molecule has 6 heteroatoms. The molecular weight excluding hydrogens is 296 g/mol. The molecule has 1 unspecified atom stereocenters. The normalized spacial score (nSPS) is 12.2. The number of halogens is 1. The predicted molar refractivity (Wildman–Crippen MR) is 83.9 cm³/mol. The number of benzene rings is 1. The summed E-state index contributed by atoms with van der Waals surface area (Å²) < 4.78 is 0.755. The Balaban J connectivity index is 2.25. The van der Waals surface area contributed by atoms with E-state index < -0.39 is 0 Å². The van der Waals surface area contributed by atoms with Gasteiger partial charge in [0.2, 0.25) is 0 Å². The fraction of sp³-hybridized carbons (Fsp3) is 0.286. The number of hydrogen-bond acceptors (Lipinski definition) is 4. The van der Waals surface area contributed by atoms with E-state index in [1.165, 1.54) is 11.3 Å². The second kappa shape index (κ2) is 5.81. The third kappa shape index (κ3) is 3.11. The maximum absolute atomic E-state index is 10.9. The van der Waals surface area contributed by atoms with Crippen molar-refractivity contribution in [1.82, 2.24) is 0 Å². The van der Waals surface area contributed by atoms with Crippen molar-refractivity contribution in [2.75, 3.05) is 5.32 Å². The van der Waals surface area contributed by atoms with E-state index in [9.17, 15) is 10.1 Å². The van der Waals surface area contributed by atoms with E-state index in [0.717, 1.165) is 20.5 Å². The average Bonchev–Trinajstić information content (AvgIpc) is 2.79. The number of nitrogens with one attached hydrogen (secondary N) is 1. The van der Waals surface area contributed by atoms with Crippen molar-refractivity contribution >= 4 is 34.3 Å². The summed E-state index contributed by atoms with van der Waals surface area (Å²) in [6, 6.07) is 7.38. The Morgan fingerprint density at radius 2 is 2.00 bits per heavy atom. The van der Waals surface area contributed by atoms with Crippen molar-refractivity contribution in [2.45, 2.75) is 26.8 Å². The molecule has 4 nitrogen and oxygen atoms in total. The predicted octanol–water partition coefficient (Wildman–Crippen LogP) is 5.10. The molecule has 0 aliphatic carbocycles. The van der Waals surface area contributed by atoms with Gasteiger partial charge in [0, 0.05) is 22.2 Å². The van der Waals surface area contributed by atoms with Crippen LogP contribution in [0.1, 0.15) is 29.0 Å². The summed E-state index contributed by atoms with van der Waals surface area (Å²) in [7, 11) is 0. The van der Waals surface area contributed by atoms with Gasteiger partial charge in [-0.05, 0) is 44.5 Å². The minimum Gasteiger partial charge on any atom is -0.377 e. The van der Waals surface area contributed by atoms with Gasteiger partial charge in [-0.3, -0.25) is 10.1 Å². The van der Waals surface area contributed by atoms with Gasteiger partial charge in [0.1, 0.15) is 0 Å². The molecule has 0 aliphatic rings. The minimum absolute atomic E-state index is 0.104. The molecule has 1 heterocycles. The molecule has 1 aromatic carbocycles. The molecular formula is C14H15ClN2O2S. The van der Waals surface area contributed by atoms with Crippen molar-refractivity contribution in [3.63, 3.8) is 0 Å². The van der Waals surface area contributed by atoms with E-state index >= 15 is 0 Å². The quantitative estimate of drug-likeness (QED) is 0.631. The van der Waals surface area contributed by atoms with Gasteiger partial charge in [-0.25, -0.2) is 0 Å². The lowest BCUT2D eigenvalue weighted by atomic mass is 10.1. The number of aryl methyl sites for hydroxylation is 2. The molecule has 0 aliphatic heterocycles. The summed E-state index contributed by atoms with van der Waals surface area (Å²) in [5, 5.41) is 14.3. The van der Waals surface area contributed by atoms with Gasteiger partial charge < -0.3 is 5.32 Å². The Labute approximate surface area is 126 Å². The number of nitro benzene ring substituents is 1. The fourth-order valence-corrected chi connectivity index (χ4v) is 3.08. The van der Waals surface area contributed by atoms with Crippen LogP contribution in [0.2, 0.25) is 4.34 Å². The second-order valence-corrected chi connectivity index (χ2v) is 6.47. The molecule has 20 heavy (non-hydrogen) atoms. The Bertz CT molecular complexity index is 655. The van der Waals surface area contributed by atoms with E-state index in [2.05, 4.69) is 5.32 Å². The highest BCUT2D eigenvalue weighted by molar-refractivity contribution is 7.16. The number of nitrogens with zero attached hydrogens (tertiary/aromatic N) is 1. The molecule has 2 aromatic rings. The molecule has 0 spiro atoms. The number of hydrogen-bond donors (Lipinski definition) is 1. The molecule has 106 valence electrons. The zero-order valence-electron chi connectivity index (χ0n) is 11.4. The van der Waals surface area contributed by atoms with Gasteiger partial charge in [0.25, 0.3) is 5.69 Å². The zero-order chi connectivity index (χ0) is 14.9. The lowest BCUT2D eigenvalue weighted by Gasteiger charge is -2.16. The fourth-order valence-electron chi connectivity index (χ4n) is 2.02. The first-order chi connectivity index (χ1) is 9.38. The van der Waals surface area contributed by atoms with E-state index in [-0.39, 0.29) is 16.7 Å². The van der Waals surface area contributed by atoms with Crippen LogP contribution in [-0.2, 0) is 0 Å². The summed E-state index contributed by atoms with van der Waals surface area (Å²) in [6.07, 6.45) is 0. The van der Waals surface area contributed by atoms with Gasteiger partial charge in [0.05, 0.1) is 15.3 Å². The number of anilines is 1. The van der Waals surface area contributed by atoms with Crippen molar-refractivity contribution in [3.05, 3.63) is 54.7 Å². The number of thiophene rings is 1. The van der Waals surface area contributed by atoms with Crippen molar-refractivity contribution in [2.24, 2.45) is 0 Å². The average molecular weight is 311 g/mol. The maximum atomic E-state index is 10.9. The maximum Gasteiger partial charge on any atom is 0.272 e. The molecule has 0 amide bonds. The lowest BCUT2D eigenvalue weighted by molar-refractivity contribution is -0.385. The van der Waals surface area contributed by atoms with Crippen LogP contribution in [0.25, 0.3) is 0 Å². The Hall–Kier alpha value is -1.59. The third-order valence-corrected chi connectivity index (χ3v) is 4.55. The standard InChI is InChI=1S/C14H15ClN2O2S/c1-8-7-12(17(18)19)9(2)6-11(8)16-10(3)13-4-5-14(15)20-13/h4-7,10,16H,1-3H3. The van der Waals surface area contributed by atoms with E-state index in [1.54, 1.807) is 13.0 Å². The highest BCUT2D eigenvalue weighted by atomic mass is 35.5. The molecule has 0 saturated heterocycles. The summed E-state index contributed by atoms with van der Waals surface area (Å²) in [5.41, 5.74) is 2.57. The van der Waals surface area contributed by atoms with Gasteiger partial charge in [-0.2, -0.15) is 0 Å². The van der Waals surface area contributed by atoms with Crippen LogP contribution in [0.4, 0.5) is 11.4 Å². The van der Waals surface area contributed by atoms with Crippen LogP contribution in [0.5, 0.6) is 0 Å². The molecule has 0 fully saturated rings. The number of nitro groups is 1. The SMILES string of the molecule is Cc1cc([N+](=O)[O-])c(C)cc1NC(C)c1ccc(Cl)s1. The smallest absolute Gasteiger partial charge is 0.272 e.